The lowest BCUT2D eigenvalue weighted by atomic mass is 9.89. The number of amides is 3. The molecule has 0 unspecified atom stereocenters. The fourth-order valence-electron chi connectivity index (χ4n) is 7.50. The number of carbonyl (C=O) groups excluding carboxylic acids is 3. The summed E-state index contributed by atoms with van der Waals surface area (Å²) in [6, 6.07) is 10.9. The molecular formula is C33H33F2N6O6PS. The van der Waals surface area contributed by atoms with Crippen molar-refractivity contribution in [2.45, 2.75) is 68.2 Å². The van der Waals surface area contributed by atoms with Gasteiger partial charge in [0.05, 0.1) is 28.6 Å². The first-order chi connectivity index (χ1) is 23.4. The van der Waals surface area contributed by atoms with Crippen molar-refractivity contribution in [3.05, 3.63) is 64.7 Å². The van der Waals surface area contributed by atoms with Crippen LogP contribution in [0.15, 0.2) is 48.7 Å². The lowest BCUT2D eigenvalue weighted by molar-refractivity contribution is -0.146. The number of nitriles is 1. The van der Waals surface area contributed by atoms with E-state index in [2.05, 4.69) is 21.6 Å². The van der Waals surface area contributed by atoms with E-state index < -0.39 is 42.7 Å². The highest BCUT2D eigenvalue weighted by atomic mass is 32.1. The van der Waals surface area contributed by atoms with Gasteiger partial charge in [-0.15, -0.1) is 11.3 Å². The van der Waals surface area contributed by atoms with E-state index in [1.54, 1.807) is 16.0 Å². The fraction of sp³-hybridized carbons (Fsp3) is 0.424. The van der Waals surface area contributed by atoms with Crippen molar-refractivity contribution in [3.8, 4) is 6.07 Å². The minimum atomic E-state index is -5.77. The molecule has 3 aliphatic heterocycles. The molecule has 0 saturated carbocycles. The number of aromatic nitrogens is 2. The van der Waals surface area contributed by atoms with Crippen molar-refractivity contribution in [2.24, 2.45) is 5.92 Å². The number of hydrogen-bond donors (Lipinski definition) is 4. The second-order valence-electron chi connectivity index (χ2n) is 13.1. The van der Waals surface area contributed by atoms with Gasteiger partial charge in [-0.25, -0.2) is 0 Å². The summed E-state index contributed by atoms with van der Waals surface area (Å²) in [5.74, 6) is -1.77. The van der Waals surface area contributed by atoms with E-state index in [9.17, 15) is 33.0 Å². The molecule has 16 heteroatoms. The van der Waals surface area contributed by atoms with Gasteiger partial charge in [0.15, 0.2) is 0 Å². The van der Waals surface area contributed by atoms with E-state index in [0.717, 1.165) is 52.8 Å². The summed E-state index contributed by atoms with van der Waals surface area (Å²) in [6.45, 7) is 0.589. The zero-order valence-electron chi connectivity index (χ0n) is 26.1. The molecule has 0 aliphatic carbocycles. The summed E-state index contributed by atoms with van der Waals surface area (Å²) in [7, 11) is -5.77. The maximum Gasteiger partial charge on any atom is 0.399 e. The molecule has 4 N–H and O–H groups in total. The monoisotopic (exact) mass is 710 g/mol. The molecule has 3 amide bonds. The molecule has 3 aliphatic rings. The van der Waals surface area contributed by atoms with Gasteiger partial charge >= 0.3 is 13.3 Å². The number of nitrogens with zero attached hydrogens (tertiary/aromatic N) is 4. The lowest BCUT2D eigenvalue weighted by Gasteiger charge is -2.36. The summed E-state index contributed by atoms with van der Waals surface area (Å²) in [4.78, 5) is 63.4. The van der Waals surface area contributed by atoms with Crippen LogP contribution >= 0.6 is 18.9 Å². The summed E-state index contributed by atoms with van der Waals surface area (Å²) >= 11 is 1.01. The second-order valence-corrected chi connectivity index (χ2v) is 15.8. The van der Waals surface area contributed by atoms with Gasteiger partial charge in [0, 0.05) is 40.7 Å². The van der Waals surface area contributed by atoms with Crippen LogP contribution in [0.4, 0.5) is 8.78 Å². The maximum atomic E-state index is 14.3. The Bertz CT molecular complexity index is 2060. The van der Waals surface area contributed by atoms with Crippen molar-refractivity contribution in [1.82, 2.24) is 25.3 Å². The number of hydrogen-bond acceptors (Lipinski definition) is 7. The van der Waals surface area contributed by atoms with E-state index in [4.69, 9.17) is 9.79 Å². The number of fused-ring (bicyclic) bond motifs is 3. The number of alkyl halides is 2. The molecule has 3 fully saturated rings. The largest absolute Gasteiger partial charge is 0.399 e. The summed E-state index contributed by atoms with van der Waals surface area (Å²) in [5, 5.41) is 21.0. The molecule has 0 spiro atoms. The normalized spacial score (nSPS) is 24.9. The molecule has 0 bridgehead atoms. The predicted octanol–water partition coefficient (Wildman–Crippen LogP) is 4.80. The Balaban J connectivity index is 1.08. The smallest absolute Gasteiger partial charge is 0.340 e. The average Bonchev–Trinajstić information content (AvgIpc) is 3.88. The molecule has 12 nitrogen and oxygen atoms in total. The van der Waals surface area contributed by atoms with Crippen molar-refractivity contribution >= 4 is 57.6 Å². The fourth-order valence-corrected chi connectivity index (χ4v) is 8.92. The van der Waals surface area contributed by atoms with Gasteiger partial charge in [-0.2, -0.15) is 19.1 Å². The van der Waals surface area contributed by atoms with E-state index >= 15 is 0 Å². The van der Waals surface area contributed by atoms with Gasteiger partial charge in [0.2, 0.25) is 11.8 Å². The lowest BCUT2D eigenvalue weighted by Crippen LogP contribution is -2.56. The van der Waals surface area contributed by atoms with E-state index in [1.165, 1.54) is 12.1 Å². The van der Waals surface area contributed by atoms with E-state index in [0.29, 0.717) is 36.9 Å². The Morgan fingerprint density at radius 1 is 1.06 bits per heavy atom. The third-order valence-corrected chi connectivity index (χ3v) is 12.2. The first kappa shape index (κ1) is 33.3. The molecule has 256 valence electrons. The third-order valence-electron chi connectivity index (χ3n) is 10.1. The zero-order chi connectivity index (χ0) is 34.7. The highest BCUT2D eigenvalue weighted by Crippen LogP contribution is 2.59. The van der Waals surface area contributed by atoms with Crippen LogP contribution < -0.4 is 5.32 Å². The van der Waals surface area contributed by atoms with Crippen molar-refractivity contribution in [2.75, 3.05) is 13.1 Å². The highest BCUT2D eigenvalue weighted by molar-refractivity contribution is 7.52. The SMILES string of the molecule is N#C[C@H]1CN(C(=O)[C@@H]2CC[C@@H]3CCCC[C@H](NC(=O)c4cc5cc(C(F)(F)P(=O)(O)O)ccc5s4)C(=O)N32)C[C@@H]1c1ccc2cn[nH]c2c1. The Morgan fingerprint density at radius 3 is 2.63 bits per heavy atom. The Kier molecular flexibility index (Phi) is 8.55. The molecule has 3 saturated heterocycles. The van der Waals surface area contributed by atoms with Crippen LogP contribution in [0.1, 0.15) is 65.2 Å². The van der Waals surface area contributed by atoms with Crippen molar-refractivity contribution in [1.29, 1.82) is 5.26 Å². The molecule has 2 aromatic heterocycles. The number of benzene rings is 2. The first-order valence-corrected chi connectivity index (χ1v) is 18.5. The quantitative estimate of drug-likeness (QED) is 0.206. The number of rotatable bonds is 6. The first-order valence-electron chi connectivity index (χ1n) is 16.1. The average molecular weight is 711 g/mol. The van der Waals surface area contributed by atoms with Gasteiger partial charge in [0.1, 0.15) is 12.1 Å². The molecule has 0 radical (unpaired) electrons. The van der Waals surface area contributed by atoms with Crippen LogP contribution in [0.3, 0.4) is 0 Å². The maximum absolute atomic E-state index is 14.3. The van der Waals surface area contributed by atoms with Crippen LogP contribution in [-0.2, 0) is 19.8 Å². The number of aromatic amines is 1. The molecular weight excluding hydrogens is 677 g/mol. The predicted molar refractivity (Wildman–Crippen MR) is 176 cm³/mol. The number of halogens is 2. The standard InChI is InChI=1S/C33H33F2N6O6PS/c34-33(35,48(45,46)47)22-7-10-28-20(11-22)13-29(49-28)30(42)38-25-4-2-1-3-23-8-9-27(41(23)31(25)43)32(44)40-16-21(14-36)24(17-40)18-5-6-19-15-37-39-26(19)12-18/h5-7,10-13,15,21,23-25,27H,1-4,8-9,16-17H2,(H,37,39)(H,38,42)(H2,45,46,47)/t21-,23-,24+,25-,27-/m0/s1. The number of thiophene rings is 1. The zero-order valence-corrected chi connectivity index (χ0v) is 27.8. The van der Waals surface area contributed by atoms with Crippen LogP contribution in [0, 0.1) is 17.2 Å². The number of nitrogens with one attached hydrogen (secondary N) is 2. The summed E-state index contributed by atoms with van der Waals surface area (Å²) in [5.41, 5.74) is -3.48. The van der Waals surface area contributed by atoms with Gasteiger partial charge in [0.25, 0.3) is 5.91 Å². The van der Waals surface area contributed by atoms with Gasteiger partial charge in [-0.1, -0.05) is 31.0 Å². The van der Waals surface area contributed by atoms with Gasteiger partial charge < -0.3 is 24.9 Å². The van der Waals surface area contributed by atoms with Gasteiger partial charge in [-0.05, 0) is 60.9 Å². The number of H-pyrrole nitrogens is 1. The molecule has 4 aromatic rings. The molecule has 7 rings (SSSR count). The Hall–Kier alpha value is -4.22. The molecule has 5 heterocycles. The molecule has 49 heavy (non-hydrogen) atoms. The van der Waals surface area contributed by atoms with Crippen LogP contribution in [0.25, 0.3) is 21.0 Å². The minimum absolute atomic E-state index is 0.145. The second kappa shape index (κ2) is 12.6. The molecule has 2 aromatic carbocycles. The van der Waals surface area contributed by atoms with E-state index in [1.807, 2.05) is 18.2 Å². The Morgan fingerprint density at radius 2 is 1.86 bits per heavy atom. The van der Waals surface area contributed by atoms with Crippen molar-refractivity contribution in [3.63, 3.8) is 0 Å². The minimum Gasteiger partial charge on any atom is -0.340 e. The van der Waals surface area contributed by atoms with Crippen LogP contribution in [-0.4, -0.2) is 78.7 Å². The topological polar surface area (TPSA) is 180 Å². The van der Waals surface area contributed by atoms with Gasteiger partial charge in [-0.3, -0.25) is 24.0 Å². The third kappa shape index (κ3) is 6.01. The van der Waals surface area contributed by atoms with Crippen LogP contribution in [0.2, 0.25) is 0 Å². The highest BCUT2D eigenvalue weighted by Gasteiger charge is 2.51. The van der Waals surface area contributed by atoms with E-state index in [-0.39, 0.29) is 40.6 Å². The summed E-state index contributed by atoms with van der Waals surface area (Å²) < 4.78 is 40.5. The summed E-state index contributed by atoms with van der Waals surface area (Å²) in [6.07, 6.45) is 5.43. The number of carbonyl (C=O) groups is 3. The number of likely N-dealkylation sites (tertiary alicyclic amines) is 1. The molecule has 5 atom stereocenters. The Labute approximate surface area is 283 Å². The van der Waals surface area contributed by atoms with Crippen LogP contribution in [0.5, 0.6) is 0 Å². The van der Waals surface area contributed by atoms with Crippen molar-refractivity contribution < 1.29 is 37.5 Å².